The Morgan fingerprint density at radius 1 is 1.42 bits per heavy atom. The summed E-state index contributed by atoms with van der Waals surface area (Å²) < 4.78 is 0. The van der Waals surface area contributed by atoms with E-state index in [1.807, 2.05) is 13.8 Å². The highest BCUT2D eigenvalue weighted by atomic mass is 16.4. The van der Waals surface area contributed by atoms with E-state index in [0.717, 1.165) is 0 Å². The van der Waals surface area contributed by atoms with Crippen LogP contribution >= 0.6 is 0 Å². The summed E-state index contributed by atoms with van der Waals surface area (Å²) in [6.07, 6.45) is 0.384. The predicted molar refractivity (Wildman–Crippen MR) is 44.4 cm³/mol. The SMILES string of the molecule is CC(C)CC(CC(=O)O)C(N)=O. The van der Waals surface area contributed by atoms with Crippen LogP contribution in [0.25, 0.3) is 0 Å². The first-order valence-electron chi connectivity index (χ1n) is 3.94. The quantitative estimate of drug-likeness (QED) is 0.639. The van der Waals surface area contributed by atoms with Crippen molar-refractivity contribution in [1.82, 2.24) is 0 Å². The van der Waals surface area contributed by atoms with Crippen molar-refractivity contribution in [2.45, 2.75) is 26.7 Å². The maximum Gasteiger partial charge on any atom is 0.304 e. The first-order valence-corrected chi connectivity index (χ1v) is 3.94. The van der Waals surface area contributed by atoms with Gasteiger partial charge in [0.1, 0.15) is 0 Å². The fraction of sp³-hybridized carbons (Fsp3) is 0.750. The average Bonchev–Trinajstić information content (AvgIpc) is 1.83. The van der Waals surface area contributed by atoms with Crippen LogP contribution in [0.1, 0.15) is 26.7 Å². The number of nitrogens with two attached hydrogens (primary N) is 1. The molecule has 0 spiro atoms. The van der Waals surface area contributed by atoms with Crippen molar-refractivity contribution in [2.24, 2.45) is 17.6 Å². The van der Waals surface area contributed by atoms with E-state index >= 15 is 0 Å². The molecule has 1 atom stereocenters. The molecule has 0 aromatic carbocycles. The van der Waals surface area contributed by atoms with E-state index < -0.39 is 17.8 Å². The zero-order valence-corrected chi connectivity index (χ0v) is 7.41. The van der Waals surface area contributed by atoms with Crippen LogP contribution in [-0.2, 0) is 9.59 Å². The van der Waals surface area contributed by atoms with Gasteiger partial charge in [-0.15, -0.1) is 0 Å². The van der Waals surface area contributed by atoms with Crippen molar-refractivity contribution in [2.75, 3.05) is 0 Å². The van der Waals surface area contributed by atoms with Crippen molar-refractivity contribution in [1.29, 1.82) is 0 Å². The minimum absolute atomic E-state index is 0.159. The zero-order valence-electron chi connectivity index (χ0n) is 7.41. The number of carbonyl (C=O) groups is 2. The molecule has 0 heterocycles. The van der Waals surface area contributed by atoms with Gasteiger partial charge in [-0.05, 0) is 12.3 Å². The molecule has 1 unspecified atom stereocenters. The van der Waals surface area contributed by atoms with Gasteiger partial charge in [0, 0.05) is 5.92 Å². The molecule has 4 heteroatoms. The fourth-order valence-corrected chi connectivity index (χ4v) is 1.08. The molecule has 70 valence electrons. The molecule has 0 aliphatic heterocycles. The number of aliphatic carboxylic acids is 1. The van der Waals surface area contributed by atoms with E-state index in [0.29, 0.717) is 12.3 Å². The summed E-state index contributed by atoms with van der Waals surface area (Å²) in [5.41, 5.74) is 5.03. The number of hydrogen-bond acceptors (Lipinski definition) is 2. The van der Waals surface area contributed by atoms with Crippen molar-refractivity contribution < 1.29 is 14.7 Å². The zero-order chi connectivity index (χ0) is 9.72. The molecule has 12 heavy (non-hydrogen) atoms. The molecule has 0 aromatic rings. The van der Waals surface area contributed by atoms with Gasteiger partial charge in [0.2, 0.25) is 5.91 Å². The summed E-state index contributed by atoms with van der Waals surface area (Å²) in [6.45, 7) is 3.86. The van der Waals surface area contributed by atoms with E-state index in [1.165, 1.54) is 0 Å². The van der Waals surface area contributed by atoms with Gasteiger partial charge in [0.05, 0.1) is 6.42 Å². The molecule has 0 bridgehead atoms. The van der Waals surface area contributed by atoms with Crippen LogP contribution in [0.4, 0.5) is 0 Å². The third-order valence-electron chi connectivity index (χ3n) is 1.58. The van der Waals surface area contributed by atoms with Gasteiger partial charge in [-0.25, -0.2) is 0 Å². The molecule has 0 radical (unpaired) electrons. The van der Waals surface area contributed by atoms with Crippen LogP contribution in [0.5, 0.6) is 0 Å². The topological polar surface area (TPSA) is 80.4 Å². The lowest BCUT2D eigenvalue weighted by molar-refractivity contribution is -0.140. The van der Waals surface area contributed by atoms with Gasteiger partial charge in [-0.3, -0.25) is 9.59 Å². The van der Waals surface area contributed by atoms with Crippen LogP contribution in [0, 0.1) is 11.8 Å². The first-order chi connectivity index (χ1) is 5.43. The van der Waals surface area contributed by atoms with Crippen LogP contribution in [0.15, 0.2) is 0 Å². The molecular formula is C8H15NO3. The summed E-state index contributed by atoms with van der Waals surface area (Å²) >= 11 is 0. The number of carbonyl (C=O) groups excluding carboxylic acids is 1. The number of rotatable bonds is 5. The van der Waals surface area contributed by atoms with E-state index in [9.17, 15) is 9.59 Å². The van der Waals surface area contributed by atoms with Crippen molar-refractivity contribution in [3.63, 3.8) is 0 Å². The van der Waals surface area contributed by atoms with Gasteiger partial charge in [0.25, 0.3) is 0 Å². The van der Waals surface area contributed by atoms with Crippen molar-refractivity contribution >= 4 is 11.9 Å². The minimum atomic E-state index is -0.973. The molecule has 4 nitrogen and oxygen atoms in total. The maximum atomic E-state index is 10.7. The number of amides is 1. The predicted octanol–water partition coefficient (Wildman–Crippen LogP) is 0.609. The van der Waals surface area contributed by atoms with Crippen LogP contribution in [0.2, 0.25) is 0 Å². The normalized spacial score (nSPS) is 12.9. The van der Waals surface area contributed by atoms with Gasteiger partial charge in [-0.2, -0.15) is 0 Å². The fourth-order valence-electron chi connectivity index (χ4n) is 1.08. The Bertz CT molecular complexity index is 177. The van der Waals surface area contributed by atoms with Crippen LogP contribution in [-0.4, -0.2) is 17.0 Å². The second-order valence-electron chi connectivity index (χ2n) is 3.33. The highest BCUT2D eigenvalue weighted by Gasteiger charge is 2.19. The highest BCUT2D eigenvalue weighted by molar-refractivity contribution is 5.81. The smallest absolute Gasteiger partial charge is 0.304 e. The van der Waals surface area contributed by atoms with Crippen molar-refractivity contribution in [3.05, 3.63) is 0 Å². The molecule has 3 N–H and O–H groups in total. The van der Waals surface area contributed by atoms with E-state index in [4.69, 9.17) is 10.8 Å². The summed E-state index contributed by atoms with van der Waals surface area (Å²) in [6, 6.07) is 0. The Morgan fingerprint density at radius 2 is 1.92 bits per heavy atom. The van der Waals surface area contributed by atoms with E-state index in [1.54, 1.807) is 0 Å². The Labute approximate surface area is 71.8 Å². The molecular weight excluding hydrogens is 158 g/mol. The summed E-state index contributed by atoms with van der Waals surface area (Å²) in [5, 5.41) is 8.44. The lowest BCUT2D eigenvalue weighted by Crippen LogP contribution is -2.26. The molecule has 0 saturated carbocycles. The molecule has 1 amide bonds. The van der Waals surface area contributed by atoms with Gasteiger partial charge in [-0.1, -0.05) is 13.8 Å². The Kier molecular flexibility index (Phi) is 4.33. The summed E-state index contributed by atoms with van der Waals surface area (Å²) in [5.74, 6) is -1.73. The lowest BCUT2D eigenvalue weighted by atomic mass is 9.94. The van der Waals surface area contributed by atoms with Gasteiger partial charge >= 0.3 is 5.97 Å². The maximum absolute atomic E-state index is 10.7. The second kappa shape index (κ2) is 4.74. The number of primary amides is 1. The highest BCUT2D eigenvalue weighted by Crippen LogP contribution is 2.14. The van der Waals surface area contributed by atoms with Crippen LogP contribution in [0.3, 0.4) is 0 Å². The van der Waals surface area contributed by atoms with Gasteiger partial charge in [0.15, 0.2) is 0 Å². The van der Waals surface area contributed by atoms with Gasteiger partial charge < -0.3 is 10.8 Å². The summed E-state index contributed by atoms with van der Waals surface area (Å²) in [4.78, 5) is 21.0. The molecule has 0 aromatic heterocycles. The first kappa shape index (κ1) is 10.9. The number of hydrogen-bond donors (Lipinski definition) is 2. The monoisotopic (exact) mass is 173 g/mol. The average molecular weight is 173 g/mol. The van der Waals surface area contributed by atoms with Crippen molar-refractivity contribution in [3.8, 4) is 0 Å². The standard InChI is InChI=1S/C8H15NO3/c1-5(2)3-6(8(9)12)4-7(10)11/h5-6H,3-4H2,1-2H3,(H2,9,12)(H,10,11). The Morgan fingerprint density at radius 3 is 2.17 bits per heavy atom. The number of carboxylic acid groups (broad SMARTS) is 1. The Hall–Kier alpha value is -1.06. The second-order valence-corrected chi connectivity index (χ2v) is 3.33. The molecule has 0 saturated heterocycles. The summed E-state index contributed by atoms with van der Waals surface area (Å²) in [7, 11) is 0. The molecule has 0 fully saturated rings. The van der Waals surface area contributed by atoms with E-state index in [-0.39, 0.29) is 6.42 Å². The van der Waals surface area contributed by atoms with E-state index in [2.05, 4.69) is 0 Å². The third kappa shape index (κ3) is 4.71. The molecule has 0 aliphatic rings. The van der Waals surface area contributed by atoms with Crippen LogP contribution < -0.4 is 5.73 Å². The third-order valence-corrected chi connectivity index (χ3v) is 1.58. The lowest BCUT2D eigenvalue weighted by Gasteiger charge is -2.12. The largest absolute Gasteiger partial charge is 0.481 e. The number of carboxylic acids is 1. The molecule has 0 rings (SSSR count). The molecule has 0 aliphatic carbocycles. The Balaban J connectivity index is 4.04. The minimum Gasteiger partial charge on any atom is -0.481 e.